The van der Waals surface area contributed by atoms with Crippen LogP contribution in [-0.2, 0) is 4.79 Å². The van der Waals surface area contributed by atoms with Gasteiger partial charge in [-0.1, -0.05) is 13.3 Å². The van der Waals surface area contributed by atoms with Gasteiger partial charge in [-0.2, -0.15) is 0 Å². The van der Waals surface area contributed by atoms with Crippen molar-refractivity contribution in [3.05, 3.63) is 18.2 Å². The summed E-state index contributed by atoms with van der Waals surface area (Å²) >= 11 is 0. The Bertz CT molecular complexity index is 532. The Morgan fingerprint density at radius 3 is 2.81 bits per heavy atom. The van der Waals surface area contributed by atoms with Crippen LogP contribution in [0.3, 0.4) is 0 Å². The van der Waals surface area contributed by atoms with Crippen molar-refractivity contribution in [2.45, 2.75) is 19.8 Å². The third-order valence-corrected chi connectivity index (χ3v) is 3.22. The van der Waals surface area contributed by atoms with E-state index in [0.29, 0.717) is 30.2 Å². The van der Waals surface area contributed by atoms with Gasteiger partial charge in [-0.05, 0) is 18.1 Å². The molecule has 0 aromatic heterocycles. The van der Waals surface area contributed by atoms with E-state index >= 15 is 0 Å². The molecule has 0 radical (unpaired) electrons. The second-order valence-corrected chi connectivity index (χ2v) is 4.78. The molecule has 1 aromatic carbocycles. The van der Waals surface area contributed by atoms with Gasteiger partial charge in [0.2, 0.25) is 6.79 Å². The van der Waals surface area contributed by atoms with E-state index in [4.69, 9.17) is 14.6 Å². The van der Waals surface area contributed by atoms with E-state index < -0.39 is 5.97 Å². The number of nitrogens with one attached hydrogen (secondary N) is 2. The molecule has 21 heavy (non-hydrogen) atoms. The van der Waals surface area contributed by atoms with E-state index in [1.165, 1.54) is 0 Å². The van der Waals surface area contributed by atoms with Crippen molar-refractivity contribution in [2.24, 2.45) is 5.92 Å². The van der Waals surface area contributed by atoms with Crippen LogP contribution in [0.25, 0.3) is 0 Å². The second kappa shape index (κ2) is 6.83. The summed E-state index contributed by atoms with van der Waals surface area (Å²) in [5.74, 6) is 0.295. The molecule has 0 spiro atoms. The van der Waals surface area contributed by atoms with Crippen molar-refractivity contribution >= 4 is 17.7 Å². The van der Waals surface area contributed by atoms with Gasteiger partial charge in [0, 0.05) is 24.7 Å². The second-order valence-electron chi connectivity index (χ2n) is 4.78. The number of carbonyl (C=O) groups is 2. The number of rotatable bonds is 6. The number of amides is 2. The van der Waals surface area contributed by atoms with Gasteiger partial charge in [0.25, 0.3) is 0 Å². The van der Waals surface area contributed by atoms with Gasteiger partial charge in [0.15, 0.2) is 11.5 Å². The molecule has 1 atom stereocenters. The molecule has 7 heteroatoms. The fraction of sp³-hybridized carbons (Fsp3) is 0.429. The van der Waals surface area contributed by atoms with Crippen LogP contribution in [0.2, 0.25) is 0 Å². The summed E-state index contributed by atoms with van der Waals surface area (Å²) in [4.78, 5) is 22.4. The maximum Gasteiger partial charge on any atom is 0.319 e. The van der Waals surface area contributed by atoms with Gasteiger partial charge in [-0.15, -0.1) is 0 Å². The lowest BCUT2D eigenvalue weighted by Crippen LogP contribution is -2.33. The molecule has 1 aliphatic rings. The normalized spacial score (nSPS) is 13.6. The zero-order valence-corrected chi connectivity index (χ0v) is 11.7. The van der Waals surface area contributed by atoms with Crippen molar-refractivity contribution in [3.63, 3.8) is 0 Å². The molecule has 1 heterocycles. The maximum absolute atomic E-state index is 11.8. The predicted octanol–water partition coefficient (Wildman–Crippen LogP) is 2.04. The third kappa shape index (κ3) is 4.27. The first-order valence-corrected chi connectivity index (χ1v) is 6.74. The van der Waals surface area contributed by atoms with Crippen LogP contribution < -0.4 is 20.1 Å². The SMILES string of the molecule is CCC(CNC(=O)Nc1ccc2c(c1)OCO2)CC(=O)O. The van der Waals surface area contributed by atoms with Crippen molar-refractivity contribution in [2.75, 3.05) is 18.7 Å². The summed E-state index contributed by atoms with van der Waals surface area (Å²) in [7, 11) is 0. The van der Waals surface area contributed by atoms with Crippen LogP contribution in [0.15, 0.2) is 18.2 Å². The van der Waals surface area contributed by atoms with E-state index in [0.717, 1.165) is 0 Å². The van der Waals surface area contributed by atoms with E-state index in [1.807, 2.05) is 6.92 Å². The molecule has 7 nitrogen and oxygen atoms in total. The molecule has 2 amide bonds. The highest BCUT2D eigenvalue weighted by Gasteiger charge is 2.15. The molecule has 2 rings (SSSR count). The Morgan fingerprint density at radius 1 is 1.33 bits per heavy atom. The molecular weight excluding hydrogens is 276 g/mol. The number of hydrogen-bond donors (Lipinski definition) is 3. The summed E-state index contributed by atoms with van der Waals surface area (Å²) < 4.78 is 10.4. The number of ether oxygens (including phenoxy) is 2. The van der Waals surface area contributed by atoms with Gasteiger partial charge >= 0.3 is 12.0 Å². The zero-order valence-electron chi connectivity index (χ0n) is 11.7. The van der Waals surface area contributed by atoms with E-state index in [1.54, 1.807) is 18.2 Å². The third-order valence-electron chi connectivity index (χ3n) is 3.22. The number of benzene rings is 1. The highest BCUT2D eigenvalue weighted by atomic mass is 16.7. The lowest BCUT2D eigenvalue weighted by Gasteiger charge is -2.14. The number of fused-ring (bicyclic) bond motifs is 1. The van der Waals surface area contributed by atoms with Crippen LogP contribution in [0.1, 0.15) is 19.8 Å². The van der Waals surface area contributed by atoms with E-state index in [-0.39, 0.29) is 25.2 Å². The molecule has 114 valence electrons. The Kier molecular flexibility index (Phi) is 4.86. The van der Waals surface area contributed by atoms with Gasteiger partial charge in [0.1, 0.15) is 0 Å². The molecule has 0 saturated carbocycles. The number of hydrogen-bond acceptors (Lipinski definition) is 4. The predicted molar refractivity (Wildman–Crippen MR) is 75.6 cm³/mol. The smallest absolute Gasteiger partial charge is 0.319 e. The first-order valence-electron chi connectivity index (χ1n) is 6.74. The monoisotopic (exact) mass is 294 g/mol. The van der Waals surface area contributed by atoms with Crippen LogP contribution >= 0.6 is 0 Å². The number of anilines is 1. The van der Waals surface area contributed by atoms with Gasteiger partial charge < -0.3 is 25.2 Å². The van der Waals surface area contributed by atoms with Crippen LogP contribution in [-0.4, -0.2) is 30.4 Å². The number of carboxylic acid groups (broad SMARTS) is 1. The van der Waals surface area contributed by atoms with Crippen LogP contribution in [0.5, 0.6) is 11.5 Å². The van der Waals surface area contributed by atoms with Gasteiger partial charge in [0.05, 0.1) is 0 Å². The molecule has 3 N–H and O–H groups in total. The topological polar surface area (TPSA) is 96.9 Å². The quantitative estimate of drug-likeness (QED) is 0.746. The van der Waals surface area contributed by atoms with Crippen molar-refractivity contribution in [1.29, 1.82) is 0 Å². The fourth-order valence-electron chi connectivity index (χ4n) is 1.99. The van der Waals surface area contributed by atoms with Crippen LogP contribution in [0.4, 0.5) is 10.5 Å². The zero-order chi connectivity index (χ0) is 15.2. The number of aliphatic carboxylic acids is 1. The Labute approximate surface area is 122 Å². The largest absolute Gasteiger partial charge is 0.481 e. The molecule has 0 bridgehead atoms. The summed E-state index contributed by atoms with van der Waals surface area (Å²) in [6, 6.07) is 4.73. The number of carboxylic acids is 1. The highest BCUT2D eigenvalue weighted by Crippen LogP contribution is 2.34. The molecule has 1 aliphatic heterocycles. The van der Waals surface area contributed by atoms with Gasteiger partial charge in [-0.3, -0.25) is 4.79 Å². The highest BCUT2D eigenvalue weighted by molar-refractivity contribution is 5.89. The first kappa shape index (κ1) is 15.0. The standard InChI is InChI=1S/C14H18N2O5/c1-2-9(5-13(17)18)7-15-14(19)16-10-3-4-11-12(6-10)21-8-20-11/h3-4,6,9H,2,5,7-8H2,1H3,(H,17,18)(H2,15,16,19). The summed E-state index contributed by atoms with van der Waals surface area (Å²) in [6.45, 7) is 2.39. The van der Waals surface area contributed by atoms with Crippen molar-refractivity contribution < 1.29 is 24.2 Å². The average molecular weight is 294 g/mol. The van der Waals surface area contributed by atoms with E-state index in [2.05, 4.69) is 10.6 Å². The number of urea groups is 1. The average Bonchev–Trinajstić information content (AvgIpc) is 2.90. The molecule has 0 saturated heterocycles. The molecule has 0 fully saturated rings. The molecular formula is C14H18N2O5. The molecule has 1 aromatic rings. The van der Waals surface area contributed by atoms with Crippen molar-refractivity contribution in [1.82, 2.24) is 5.32 Å². The maximum atomic E-state index is 11.8. The first-order chi connectivity index (χ1) is 10.1. The fourth-order valence-corrected chi connectivity index (χ4v) is 1.99. The minimum absolute atomic E-state index is 0.0425. The van der Waals surface area contributed by atoms with Crippen molar-refractivity contribution in [3.8, 4) is 11.5 Å². The Balaban J connectivity index is 1.83. The Morgan fingerprint density at radius 2 is 2.10 bits per heavy atom. The van der Waals surface area contributed by atoms with E-state index in [9.17, 15) is 9.59 Å². The molecule has 0 aliphatic carbocycles. The van der Waals surface area contributed by atoms with Crippen LogP contribution in [0, 0.1) is 5.92 Å². The lowest BCUT2D eigenvalue weighted by atomic mass is 10.0. The summed E-state index contributed by atoms with van der Waals surface area (Å²) in [5.41, 5.74) is 0.586. The minimum atomic E-state index is -0.861. The Hall–Kier alpha value is -2.44. The molecule has 1 unspecified atom stereocenters. The lowest BCUT2D eigenvalue weighted by molar-refractivity contribution is -0.138. The number of carbonyl (C=O) groups excluding carboxylic acids is 1. The summed E-state index contributed by atoms with van der Waals surface area (Å²) in [5, 5.41) is 14.1. The van der Waals surface area contributed by atoms with Gasteiger partial charge in [-0.25, -0.2) is 4.79 Å². The minimum Gasteiger partial charge on any atom is -0.481 e. The summed E-state index contributed by atoms with van der Waals surface area (Å²) in [6.07, 6.45) is 0.734.